The largest absolute Gasteiger partial charge is 0.657 e. The van der Waals surface area contributed by atoms with E-state index < -0.39 is 9.28 Å². The summed E-state index contributed by atoms with van der Waals surface area (Å²) in [6.45, 7) is 6.11. The van der Waals surface area contributed by atoms with E-state index in [-0.39, 0.29) is 0 Å². The molecule has 7 heteroatoms. The summed E-state index contributed by atoms with van der Waals surface area (Å²) in [5.41, 5.74) is 2.27. The van der Waals surface area contributed by atoms with Gasteiger partial charge in [-0.05, 0) is 24.3 Å². The molecule has 25 heavy (non-hydrogen) atoms. The molecule has 2 rings (SSSR count). The highest BCUT2D eigenvalue weighted by Gasteiger charge is 2.31. The average molecular weight is 387 g/mol. The number of rotatable bonds is 9. The van der Waals surface area contributed by atoms with Crippen molar-refractivity contribution in [3.8, 4) is 0 Å². The summed E-state index contributed by atoms with van der Waals surface area (Å²) in [5, 5.41) is 6.49. The number of benzene rings is 2. The number of nitrogens with one attached hydrogen (secondary N) is 2. The molecule has 0 aliphatic rings. The molecule has 0 saturated carbocycles. The Morgan fingerprint density at radius 2 is 1.40 bits per heavy atom. The molecule has 2 aromatic rings. The third-order valence-corrected chi connectivity index (χ3v) is 6.18. The van der Waals surface area contributed by atoms with Crippen LogP contribution in [-0.4, -0.2) is 55.6 Å². The highest BCUT2D eigenvalue weighted by atomic mass is 28.3. The first kappa shape index (κ1) is 21.7. The third kappa shape index (κ3) is 9.03. The molecular weight excluding hydrogens is 360 g/mol. The van der Waals surface area contributed by atoms with Crippen molar-refractivity contribution in [1.82, 2.24) is 0 Å². The van der Waals surface area contributed by atoms with E-state index in [1.807, 2.05) is 48.5 Å². The van der Waals surface area contributed by atoms with Crippen LogP contribution in [0.4, 0.5) is 11.4 Å². The van der Waals surface area contributed by atoms with Crippen LogP contribution in [0.3, 0.4) is 0 Å². The van der Waals surface area contributed by atoms with Crippen LogP contribution in [0.25, 0.3) is 0 Å². The molecule has 6 radical (unpaired) electrons. The average Bonchev–Trinajstić information content (AvgIpc) is 2.67. The van der Waals surface area contributed by atoms with Gasteiger partial charge in [0.15, 0.2) is 0 Å². The smallest absolute Gasteiger partial charge is 0.645 e. The molecule has 0 unspecified atom stereocenters. The Morgan fingerprint density at radius 3 is 1.80 bits per heavy atom. The topological polar surface area (TPSA) is 36.0 Å². The second-order valence-electron chi connectivity index (χ2n) is 4.98. The molecule has 0 atom stereocenters. The van der Waals surface area contributed by atoms with E-state index in [9.17, 15) is 0 Å². The number of hydrogen-bond acceptors (Lipinski definition) is 3. The predicted molar refractivity (Wildman–Crippen MR) is 110 cm³/mol. The summed E-state index contributed by atoms with van der Waals surface area (Å²) < 4.78 is 8.51. The fourth-order valence-corrected chi connectivity index (χ4v) is 4.27. The zero-order valence-electron chi connectivity index (χ0n) is 14.9. The summed E-state index contributed by atoms with van der Waals surface area (Å²) in [6, 6.07) is 20.2. The zero-order chi connectivity index (χ0) is 18.3. The molecule has 4 nitrogen and oxygen atoms in total. The molecule has 0 spiro atoms. The van der Waals surface area contributed by atoms with Gasteiger partial charge >= 0.3 is 9.28 Å². The molecule has 0 bridgehead atoms. The minimum atomic E-state index is -1.07. The van der Waals surface area contributed by atoms with Crippen LogP contribution in [0.5, 0.6) is 0 Å². The molecule has 0 amide bonds. The van der Waals surface area contributed by atoms with Crippen molar-refractivity contribution in [3.05, 3.63) is 60.7 Å². The van der Waals surface area contributed by atoms with Crippen molar-refractivity contribution in [2.45, 2.75) is 13.8 Å². The van der Waals surface area contributed by atoms with E-state index >= 15 is 0 Å². The summed E-state index contributed by atoms with van der Waals surface area (Å²) in [5.74, 6) is 0. The lowest BCUT2D eigenvalue weighted by molar-refractivity contribution is 0.000383. The summed E-state index contributed by atoms with van der Waals surface area (Å²) in [4.78, 5) is 0. The van der Waals surface area contributed by atoms with Crippen LogP contribution in [0.2, 0.25) is 0 Å². The third-order valence-electron chi connectivity index (χ3n) is 3.41. The van der Waals surface area contributed by atoms with Crippen molar-refractivity contribution in [3.63, 3.8) is 0 Å². The van der Waals surface area contributed by atoms with Crippen LogP contribution in [-0.2, 0) is 8.17 Å². The molecule has 0 heterocycles. The first-order valence-corrected chi connectivity index (χ1v) is 11.0. The fourth-order valence-electron chi connectivity index (χ4n) is 2.11. The Hall–Kier alpha value is -1.39. The molecule has 0 fully saturated rings. The Labute approximate surface area is 160 Å². The van der Waals surface area contributed by atoms with E-state index in [1.165, 1.54) is 0 Å². The second kappa shape index (κ2) is 13.9. The maximum absolute atomic E-state index is 5.35. The first-order valence-electron chi connectivity index (χ1n) is 8.34. The van der Waals surface area contributed by atoms with Crippen molar-refractivity contribution in [1.29, 1.82) is 0 Å². The van der Waals surface area contributed by atoms with Gasteiger partial charge in [-0.15, -0.1) is 0 Å². The summed E-state index contributed by atoms with van der Waals surface area (Å²) in [7, 11) is 5.41. The Bertz CT molecular complexity index is 543. The molecule has 132 valence electrons. The Morgan fingerprint density at radius 1 is 0.920 bits per heavy atom. The Balaban J connectivity index is 0.000000293. The number of hydrogen-bond donors (Lipinski definition) is 2. The summed E-state index contributed by atoms with van der Waals surface area (Å²) >= 11 is 0. The minimum Gasteiger partial charge on any atom is -0.645 e. The van der Waals surface area contributed by atoms with Crippen molar-refractivity contribution >= 4 is 41.4 Å². The van der Waals surface area contributed by atoms with Gasteiger partial charge in [-0.3, -0.25) is 0 Å². The van der Waals surface area contributed by atoms with Crippen LogP contribution >= 0.6 is 0 Å². The lowest BCUT2D eigenvalue weighted by Crippen LogP contribution is -2.40. The zero-order valence-corrected chi connectivity index (χ0v) is 17.9. The van der Waals surface area contributed by atoms with Gasteiger partial charge in [-0.25, -0.2) is 0 Å². The van der Waals surface area contributed by atoms with Crippen molar-refractivity contribution in [2.24, 2.45) is 0 Å². The quantitative estimate of drug-likeness (QED) is 0.514. The molecule has 2 N–H and O–H groups in total. The monoisotopic (exact) mass is 386 g/mol. The Kier molecular flexibility index (Phi) is 12.0. The van der Waals surface area contributed by atoms with Gasteiger partial charge in [0.2, 0.25) is 10.5 Å². The van der Waals surface area contributed by atoms with Gasteiger partial charge in [-0.1, -0.05) is 36.4 Å². The van der Waals surface area contributed by atoms with Crippen LogP contribution in [0.15, 0.2) is 60.7 Å². The van der Waals surface area contributed by atoms with Crippen LogP contribution < -0.4 is 10.6 Å². The van der Waals surface area contributed by atoms with Gasteiger partial charge in [0.25, 0.3) is 0 Å². The number of para-hydroxylation sites is 2. The minimum absolute atomic E-state index is 0.796. The highest BCUT2D eigenvalue weighted by Crippen LogP contribution is 2.07. The fraction of sp³-hybridized carbons (Fsp3) is 0.333. The lowest BCUT2D eigenvalue weighted by Gasteiger charge is -2.22. The van der Waals surface area contributed by atoms with E-state index in [2.05, 4.69) is 61.4 Å². The normalized spacial score (nSPS) is 10.3. The first-order chi connectivity index (χ1) is 12.2. The van der Waals surface area contributed by atoms with Gasteiger partial charge in [0.1, 0.15) is 19.4 Å². The van der Waals surface area contributed by atoms with E-state index in [0.717, 1.165) is 36.9 Å². The standard InChI is InChI=1S/C11H18NO2Si2.C7H8NSi/c1-3-14(4-2)16(13-15)10-12-11-8-6-5-7-9-11;9-6-8-7-4-2-1-3-5-7/h5-9,12H,3-4,10H2,1-2H3;1-5,8H,6H2/q+1;-1. The molecule has 0 aromatic heterocycles. The summed E-state index contributed by atoms with van der Waals surface area (Å²) in [6.07, 6.45) is 1.62. The van der Waals surface area contributed by atoms with Crippen molar-refractivity contribution in [2.75, 3.05) is 36.2 Å². The molecule has 0 saturated heterocycles. The lowest BCUT2D eigenvalue weighted by atomic mass is 10.3. The SMILES string of the molecule is CC[O+](CC)[Si](CNc1ccccc1)O[Si].[Si-]CNc1ccccc1. The second-order valence-corrected chi connectivity index (χ2v) is 7.83. The maximum atomic E-state index is 5.35. The van der Waals surface area contributed by atoms with Crippen LogP contribution in [0, 0.1) is 0 Å². The maximum Gasteiger partial charge on any atom is 0.657 e. The van der Waals surface area contributed by atoms with Gasteiger partial charge in [0.05, 0.1) is 0 Å². The van der Waals surface area contributed by atoms with Gasteiger partial charge in [0, 0.05) is 25.2 Å². The molecule has 0 aliphatic heterocycles. The van der Waals surface area contributed by atoms with E-state index in [1.54, 1.807) is 0 Å². The van der Waals surface area contributed by atoms with Gasteiger partial charge in [-0.2, -0.15) is 6.17 Å². The number of anilines is 2. The van der Waals surface area contributed by atoms with Crippen molar-refractivity contribution < 1.29 is 8.17 Å². The molecule has 0 aliphatic carbocycles. The predicted octanol–water partition coefficient (Wildman–Crippen LogP) is 3.04. The van der Waals surface area contributed by atoms with E-state index in [4.69, 9.17) is 4.12 Å². The van der Waals surface area contributed by atoms with Crippen LogP contribution in [0.1, 0.15) is 13.8 Å². The highest BCUT2D eigenvalue weighted by molar-refractivity contribution is 6.50. The molecular formula is C18H26N2O2Si3. The molecule has 2 aromatic carbocycles. The van der Waals surface area contributed by atoms with Gasteiger partial charge < -0.3 is 29.0 Å². The van der Waals surface area contributed by atoms with E-state index in [0.29, 0.717) is 0 Å².